The van der Waals surface area contributed by atoms with Gasteiger partial charge in [0.25, 0.3) is 0 Å². The van der Waals surface area contributed by atoms with Gasteiger partial charge in [0.1, 0.15) is 0 Å². The average molecular weight is 243 g/mol. The van der Waals surface area contributed by atoms with E-state index in [1.165, 1.54) is 32.7 Å². The highest BCUT2D eigenvalue weighted by atomic mass is 16.3. The maximum Gasteiger partial charge on any atom is 0.0446 e. The normalized spacial score (nSPS) is 20.6. The van der Waals surface area contributed by atoms with Gasteiger partial charge in [-0.05, 0) is 25.9 Å². The third-order valence-electron chi connectivity index (χ3n) is 3.55. The lowest BCUT2D eigenvalue weighted by Crippen LogP contribution is -2.50. The van der Waals surface area contributed by atoms with E-state index in [0.29, 0.717) is 6.04 Å². The average Bonchev–Trinajstić information content (AvgIpc) is 2.37. The summed E-state index contributed by atoms with van der Waals surface area (Å²) < 4.78 is 0. The van der Waals surface area contributed by atoms with Crippen molar-refractivity contribution in [1.82, 2.24) is 15.1 Å². The van der Waals surface area contributed by atoms with Crippen LogP contribution in [0.4, 0.5) is 0 Å². The molecular weight excluding hydrogens is 214 g/mol. The van der Waals surface area contributed by atoms with Crippen molar-refractivity contribution in [1.29, 1.82) is 0 Å². The molecule has 1 heterocycles. The van der Waals surface area contributed by atoms with Crippen molar-refractivity contribution in [2.45, 2.75) is 32.7 Å². The van der Waals surface area contributed by atoms with Crippen molar-refractivity contribution in [2.75, 3.05) is 52.4 Å². The van der Waals surface area contributed by atoms with Crippen LogP contribution in [0.1, 0.15) is 26.7 Å². The van der Waals surface area contributed by atoms with Crippen molar-refractivity contribution in [3.8, 4) is 0 Å². The number of hydrogen-bond acceptors (Lipinski definition) is 4. The second kappa shape index (κ2) is 8.86. The van der Waals surface area contributed by atoms with Crippen molar-refractivity contribution in [3.05, 3.63) is 0 Å². The summed E-state index contributed by atoms with van der Waals surface area (Å²) in [7, 11) is 0. The van der Waals surface area contributed by atoms with Gasteiger partial charge in [0.2, 0.25) is 0 Å². The zero-order valence-corrected chi connectivity index (χ0v) is 11.5. The summed E-state index contributed by atoms with van der Waals surface area (Å²) in [6.45, 7) is 12.7. The van der Waals surface area contributed by atoms with E-state index >= 15 is 0 Å². The molecule has 0 aromatic heterocycles. The minimum atomic E-state index is 0.288. The van der Waals surface area contributed by atoms with Gasteiger partial charge < -0.3 is 15.3 Å². The molecule has 2 N–H and O–H groups in total. The monoisotopic (exact) mass is 243 g/mol. The fourth-order valence-electron chi connectivity index (χ4n) is 2.36. The molecule has 1 fully saturated rings. The number of likely N-dealkylation sites (N-methyl/N-ethyl adjacent to an activating group) is 1. The molecule has 102 valence electrons. The van der Waals surface area contributed by atoms with Crippen LogP contribution in [0.15, 0.2) is 0 Å². The number of nitrogens with zero attached hydrogens (tertiary/aromatic N) is 2. The fraction of sp³-hybridized carbons (Fsp3) is 1.00. The van der Waals surface area contributed by atoms with E-state index in [4.69, 9.17) is 5.11 Å². The lowest BCUT2D eigenvalue weighted by Gasteiger charge is -2.36. The number of nitrogens with one attached hydrogen (secondary N) is 1. The van der Waals surface area contributed by atoms with Crippen LogP contribution < -0.4 is 5.32 Å². The first-order valence-corrected chi connectivity index (χ1v) is 7.09. The molecule has 1 aliphatic heterocycles. The molecule has 4 heteroatoms. The van der Waals surface area contributed by atoms with Crippen LogP contribution in [0.5, 0.6) is 0 Å². The smallest absolute Gasteiger partial charge is 0.0446 e. The van der Waals surface area contributed by atoms with Gasteiger partial charge in [0, 0.05) is 45.4 Å². The molecule has 0 amide bonds. The lowest BCUT2D eigenvalue weighted by atomic mass is 10.1. The minimum Gasteiger partial charge on any atom is -0.396 e. The van der Waals surface area contributed by atoms with Crippen molar-refractivity contribution >= 4 is 0 Å². The molecule has 0 spiro atoms. The van der Waals surface area contributed by atoms with Crippen molar-refractivity contribution < 1.29 is 5.11 Å². The lowest BCUT2D eigenvalue weighted by molar-refractivity contribution is 0.122. The summed E-state index contributed by atoms with van der Waals surface area (Å²) in [5.41, 5.74) is 0. The molecule has 0 aliphatic carbocycles. The Hall–Kier alpha value is -0.160. The zero-order valence-electron chi connectivity index (χ0n) is 11.5. The van der Waals surface area contributed by atoms with Crippen LogP contribution in [-0.2, 0) is 0 Å². The van der Waals surface area contributed by atoms with Gasteiger partial charge in [-0.1, -0.05) is 13.8 Å². The number of aliphatic hydroxyl groups is 1. The van der Waals surface area contributed by atoms with Gasteiger partial charge in [-0.15, -0.1) is 0 Å². The highest BCUT2D eigenvalue weighted by Crippen LogP contribution is 2.04. The van der Waals surface area contributed by atoms with Crippen LogP contribution in [0.2, 0.25) is 0 Å². The summed E-state index contributed by atoms with van der Waals surface area (Å²) in [5, 5.41) is 12.6. The van der Waals surface area contributed by atoms with Gasteiger partial charge in [-0.2, -0.15) is 0 Å². The van der Waals surface area contributed by atoms with Gasteiger partial charge in [0.05, 0.1) is 0 Å². The molecule has 1 rings (SSSR count). The Morgan fingerprint density at radius 3 is 2.29 bits per heavy atom. The Balaban J connectivity index is 2.24. The van der Waals surface area contributed by atoms with Crippen LogP contribution in [-0.4, -0.2) is 73.4 Å². The van der Waals surface area contributed by atoms with E-state index in [9.17, 15) is 0 Å². The summed E-state index contributed by atoms with van der Waals surface area (Å²) in [5.74, 6) is 0. The number of rotatable bonds is 8. The summed E-state index contributed by atoms with van der Waals surface area (Å²) in [4.78, 5) is 5.02. The van der Waals surface area contributed by atoms with E-state index in [-0.39, 0.29) is 6.61 Å². The first kappa shape index (κ1) is 14.9. The standard InChI is InChI=1S/C13H29N3O/c1-3-6-14-13(5-11-17)12-16-9-7-15(4-2)8-10-16/h13-14,17H,3-12H2,1-2H3. The minimum absolute atomic E-state index is 0.288. The second-order valence-corrected chi connectivity index (χ2v) is 4.90. The summed E-state index contributed by atoms with van der Waals surface area (Å²) >= 11 is 0. The maximum atomic E-state index is 9.08. The number of aliphatic hydroxyl groups excluding tert-OH is 1. The van der Waals surface area contributed by atoms with Crippen LogP contribution in [0, 0.1) is 0 Å². The Morgan fingerprint density at radius 2 is 1.76 bits per heavy atom. The molecule has 1 saturated heterocycles. The Morgan fingerprint density at radius 1 is 1.12 bits per heavy atom. The summed E-state index contributed by atoms with van der Waals surface area (Å²) in [6.07, 6.45) is 2.03. The topological polar surface area (TPSA) is 38.7 Å². The highest BCUT2D eigenvalue weighted by Gasteiger charge is 2.18. The molecule has 1 atom stereocenters. The molecule has 0 saturated carbocycles. The molecule has 0 bridgehead atoms. The van der Waals surface area contributed by atoms with Crippen molar-refractivity contribution in [3.63, 3.8) is 0 Å². The fourth-order valence-corrected chi connectivity index (χ4v) is 2.36. The third kappa shape index (κ3) is 5.82. The predicted molar refractivity (Wildman–Crippen MR) is 72.3 cm³/mol. The Bertz CT molecular complexity index is 182. The number of hydrogen-bond donors (Lipinski definition) is 2. The van der Waals surface area contributed by atoms with Gasteiger partial charge in [-0.25, -0.2) is 0 Å². The van der Waals surface area contributed by atoms with Crippen molar-refractivity contribution in [2.24, 2.45) is 0 Å². The van der Waals surface area contributed by atoms with Gasteiger partial charge >= 0.3 is 0 Å². The predicted octanol–water partition coefficient (Wildman–Crippen LogP) is 0.375. The quantitative estimate of drug-likeness (QED) is 0.646. The molecule has 1 aliphatic rings. The largest absolute Gasteiger partial charge is 0.396 e. The van der Waals surface area contributed by atoms with E-state index in [1.807, 2.05) is 0 Å². The van der Waals surface area contributed by atoms with E-state index < -0.39 is 0 Å². The van der Waals surface area contributed by atoms with Crippen LogP contribution in [0.25, 0.3) is 0 Å². The maximum absolute atomic E-state index is 9.08. The molecular formula is C13H29N3O. The SMILES string of the molecule is CCCNC(CCO)CN1CCN(CC)CC1. The molecule has 17 heavy (non-hydrogen) atoms. The first-order chi connectivity index (χ1) is 8.30. The van der Waals surface area contributed by atoms with E-state index in [2.05, 4.69) is 29.0 Å². The van der Waals surface area contributed by atoms with E-state index in [0.717, 1.165) is 25.9 Å². The molecule has 0 aromatic rings. The third-order valence-corrected chi connectivity index (χ3v) is 3.55. The first-order valence-electron chi connectivity index (χ1n) is 7.09. The number of piperazine rings is 1. The van der Waals surface area contributed by atoms with E-state index in [1.54, 1.807) is 0 Å². The Kier molecular flexibility index (Phi) is 7.77. The van der Waals surface area contributed by atoms with Gasteiger partial charge in [-0.3, -0.25) is 4.90 Å². The van der Waals surface area contributed by atoms with Crippen LogP contribution >= 0.6 is 0 Å². The molecule has 0 aromatic carbocycles. The molecule has 0 radical (unpaired) electrons. The van der Waals surface area contributed by atoms with Crippen LogP contribution in [0.3, 0.4) is 0 Å². The zero-order chi connectivity index (χ0) is 12.5. The highest BCUT2D eigenvalue weighted by molar-refractivity contribution is 4.77. The van der Waals surface area contributed by atoms with Gasteiger partial charge in [0.15, 0.2) is 0 Å². The summed E-state index contributed by atoms with van der Waals surface area (Å²) in [6, 6.07) is 0.452. The molecule has 1 unspecified atom stereocenters. The second-order valence-electron chi connectivity index (χ2n) is 4.90. The molecule has 4 nitrogen and oxygen atoms in total. The Labute approximate surface area is 106 Å².